The molecule has 0 aromatic heterocycles. The monoisotopic (exact) mass is 223 g/mol. The summed E-state index contributed by atoms with van der Waals surface area (Å²) in [5.74, 6) is -0.294. The van der Waals surface area contributed by atoms with E-state index in [-0.39, 0.29) is 5.97 Å². The van der Waals surface area contributed by atoms with E-state index in [0.717, 1.165) is 5.69 Å². The highest BCUT2D eigenvalue weighted by atomic mass is 16.5. The number of rotatable bonds is 6. The Bertz CT molecular complexity index is 339. The minimum absolute atomic E-state index is 0.294. The Labute approximate surface area is 95.6 Å². The fourth-order valence-electron chi connectivity index (χ4n) is 1.27. The Morgan fingerprint density at radius 1 is 1.44 bits per heavy atom. The smallest absolute Gasteiger partial charge is 0.338 e. The fourth-order valence-corrected chi connectivity index (χ4v) is 1.27. The van der Waals surface area contributed by atoms with Crippen molar-refractivity contribution in [2.45, 2.75) is 6.92 Å². The molecule has 0 amide bonds. The van der Waals surface area contributed by atoms with Crippen LogP contribution >= 0.6 is 0 Å². The molecular formula is C12H17NO3. The molecule has 0 spiro atoms. The molecule has 1 aromatic rings. The number of esters is 1. The summed E-state index contributed by atoms with van der Waals surface area (Å²) in [6, 6.07) is 7.23. The van der Waals surface area contributed by atoms with Crippen molar-refractivity contribution in [2.75, 3.05) is 32.2 Å². The first-order chi connectivity index (χ1) is 7.77. The molecule has 4 nitrogen and oxygen atoms in total. The molecule has 1 N–H and O–H groups in total. The minimum Gasteiger partial charge on any atom is -0.462 e. The number of hydrogen-bond acceptors (Lipinski definition) is 4. The number of benzene rings is 1. The summed E-state index contributed by atoms with van der Waals surface area (Å²) in [5.41, 5.74) is 1.45. The van der Waals surface area contributed by atoms with Gasteiger partial charge in [-0.1, -0.05) is 6.07 Å². The summed E-state index contributed by atoms with van der Waals surface area (Å²) in [6.45, 7) is 3.52. The van der Waals surface area contributed by atoms with Gasteiger partial charge >= 0.3 is 5.97 Å². The highest BCUT2D eigenvalue weighted by Gasteiger charge is 2.05. The number of carbonyl (C=O) groups excluding carboxylic acids is 1. The number of nitrogens with one attached hydrogen (secondary N) is 1. The Morgan fingerprint density at radius 3 is 2.94 bits per heavy atom. The maximum Gasteiger partial charge on any atom is 0.338 e. The first-order valence-electron chi connectivity index (χ1n) is 5.28. The second-order valence-corrected chi connectivity index (χ2v) is 3.22. The molecule has 16 heavy (non-hydrogen) atoms. The van der Waals surface area contributed by atoms with Crippen LogP contribution in [0.3, 0.4) is 0 Å². The van der Waals surface area contributed by atoms with Crippen LogP contribution in [0.15, 0.2) is 24.3 Å². The van der Waals surface area contributed by atoms with Crippen LogP contribution in [0, 0.1) is 0 Å². The fraction of sp³-hybridized carbons (Fsp3) is 0.417. The molecule has 0 fully saturated rings. The number of methoxy groups -OCH3 is 1. The third kappa shape index (κ3) is 3.90. The van der Waals surface area contributed by atoms with Gasteiger partial charge in [0.25, 0.3) is 0 Å². The van der Waals surface area contributed by atoms with E-state index in [9.17, 15) is 4.79 Å². The van der Waals surface area contributed by atoms with Crippen molar-refractivity contribution < 1.29 is 14.3 Å². The average molecular weight is 223 g/mol. The zero-order valence-electron chi connectivity index (χ0n) is 9.66. The van der Waals surface area contributed by atoms with E-state index in [1.807, 2.05) is 12.1 Å². The molecule has 0 unspecified atom stereocenters. The normalized spacial score (nSPS) is 9.88. The molecular weight excluding hydrogens is 206 g/mol. The lowest BCUT2D eigenvalue weighted by atomic mass is 10.2. The molecule has 0 heterocycles. The summed E-state index contributed by atoms with van der Waals surface area (Å²) in [5, 5.41) is 3.15. The molecule has 0 atom stereocenters. The Kier molecular flexibility index (Phi) is 5.36. The van der Waals surface area contributed by atoms with E-state index in [4.69, 9.17) is 9.47 Å². The lowest BCUT2D eigenvalue weighted by Gasteiger charge is -2.07. The SMILES string of the molecule is CCOC(=O)c1cccc(NCCOC)c1. The molecule has 88 valence electrons. The van der Waals surface area contributed by atoms with Gasteiger partial charge in [0, 0.05) is 19.3 Å². The highest BCUT2D eigenvalue weighted by molar-refractivity contribution is 5.90. The van der Waals surface area contributed by atoms with Gasteiger partial charge in [0.05, 0.1) is 18.8 Å². The topological polar surface area (TPSA) is 47.6 Å². The maximum absolute atomic E-state index is 11.5. The van der Waals surface area contributed by atoms with Crippen LogP contribution in [0.2, 0.25) is 0 Å². The molecule has 0 radical (unpaired) electrons. The van der Waals surface area contributed by atoms with E-state index in [0.29, 0.717) is 25.3 Å². The number of ether oxygens (including phenoxy) is 2. The molecule has 0 aliphatic rings. The number of hydrogen-bond donors (Lipinski definition) is 1. The third-order valence-electron chi connectivity index (χ3n) is 2.01. The summed E-state index contributed by atoms with van der Waals surface area (Å²) >= 11 is 0. The van der Waals surface area contributed by atoms with Crippen LogP contribution < -0.4 is 5.32 Å². The van der Waals surface area contributed by atoms with Gasteiger partial charge in [-0.3, -0.25) is 0 Å². The van der Waals surface area contributed by atoms with Crippen LogP contribution in [-0.4, -0.2) is 32.8 Å². The maximum atomic E-state index is 11.5. The van der Waals surface area contributed by atoms with E-state index < -0.39 is 0 Å². The van der Waals surface area contributed by atoms with Crippen LogP contribution in [-0.2, 0) is 9.47 Å². The van der Waals surface area contributed by atoms with Crippen molar-refractivity contribution in [2.24, 2.45) is 0 Å². The average Bonchev–Trinajstić information content (AvgIpc) is 2.30. The van der Waals surface area contributed by atoms with Crippen molar-refractivity contribution in [3.63, 3.8) is 0 Å². The van der Waals surface area contributed by atoms with Crippen LogP contribution in [0.25, 0.3) is 0 Å². The first kappa shape index (κ1) is 12.5. The summed E-state index contributed by atoms with van der Waals surface area (Å²) < 4.78 is 9.84. The van der Waals surface area contributed by atoms with Gasteiger partial charge in [0.2, 0.25) is 0 Å². The predicted octanol–water partition coefficient (Wildman–Crippen LogP) is 1.92. The van der Waals surface area contributed by atoms with Gasteiger partial charge in [-0.05, 0) is 25.1 Å². The van der Waals surface area contributed by atoms with E-state index >= 15 is 0 Å². The lowest BCUT2D eigenvalue weighted by Crippen LogP contribution is -2.09. The van der Waals surface area contributed by atoms with Gasteiger partial charge in [0.1, 0.15) is 0 Å². The summed E-state index contributed by atoms with van der Waals surface area (Å²) in [6.07, 6.45) is 0. The largest absolute Gasteiger partial charge is 0.462 e. The van der Waals surface area contributed by atoms with E-state index in [2.05, 4.69) is 5.32 Å². The zero-order chi connectivity index (χ0) is 11.8. The number of anilines is 1. The lowest BCUT2D eigenvalue weighted by molar-refractivity contribution is 0.0526. The van der Waals surface area contributed by atoms with E-state index in [1.165, 1.54) is 0 Å². The molecule has 0 saturated heterocycles. The van der Waals surface area contributed by atoms with Crippen molar-refractivity contribution in [3.05, 3.63) is 29.8 Å². The standard InChI is InChI=1S/C12H17NO3/c1-3-16-12(14)10-5-4-6-11(9-10)13-7-8-15-2/h4-6,9,13H,3,7-8H2,1-2H3. The second-order valence-electron chi connectivity index (χ2n) is 3.22. The van der Waals surface area contributed by atoms with Gasteiger partial charge < -0.3 is 14.8 Å². The molecule has 1 aromatic carbocycles. The van der Waals surface area contributed by atoms with E-state index in [1.54, 1.807) is 26.2 Å². The Hall–Kier alpha value is -1.55. The summed E-state index contributed by atoms with van der Waals surface area (Å²) in [7, 11) is 1.65. The zero-order valence-corrected chi connectivity index (χ0v) is 9.66. The third-order valence-corrected chi connectivity index (χ3v) is 2.01. The van der Waals surface area contributed by atoms with Crippen molar-refractivity contribution in [1.82, 2.24) is 0 Å². The molecule has 0 saturated carbocycles. The Balaban J connectivity index is 2.60. The van der Waals surface area contributed by atoms with Crippen LogP contribution in [0.4, 0.5) is 5.69 Å². The predicted molar refractivity (Wildman–Crippen MR) is 62.8 cm³/mol. The summed E-state index contributed by atoms with van der Waals surface area (Å²) in [4.78, 5) is 11.5. The van der Waals surface area contributed by atoms with Crippen molar-refractivity contribution in [1.29, 1.82) is 0 Å². The Morgan fingerprint density at radius 2 is 2.25 bits per heavy atom. The van der Waals surface area contributed by atoms with Crippen molar-refractivity contribution in [3.8, 4) is 0 Å². The van der Waals surface area contributed by atoms with Crippen LogP contribution in [0.1, 0.15) is 17.3 Å². The van der Waals surface area contributed by atoms with Gasteiger partial charge in [-0.25, -0.2) is 4.79 Å². The molecule has 0 aliphatic heterocycles. The highest BCUT2D eigenvalue weighted by Crippen LogP contribution is 2.11. The second kappa shape index (κ2) is 6.85. The van der Waals surface area contributed by atoms with Crippen molar-refractivity contribution >= 4 is 11.7 Å². The first-order valence-corrected chi connectivity index (χ1v) is 5.28. The quantitative estimate of drug-likeness (QED) is 0.591. The molecule has 1 rings (SSSR count). The van der Waals surface area contributed by atoms with Gasteiger partial charge in [0.15, 0.2) is 0 Å². The van der Waals surface area contributed by atoms with Crippen LogP contribution in [0.5, 0.6) is 0 Å². The molecule has 0 bridgehead atoms. The number of carbonyl (C=O) groups is 1. The molecule has 0 aliphatic carbocycles. The molecule has 4 heteroatoms. The minimum atomic E-state index is -0.294. The van der Waals surface area contributed by atoms with Gasteiger partial charge in [-0.2, -0.15) is 0 Å². The van der Waals surface area contributed by atoms with Gasteiger partial charge in [-0.15, -0.1) is 0 Å².